The van der Waals surface area contributed by atoms with Crippen LogP contribution in [0.5, 0.6) is 0 Å². The number of hydrogen-bond acceptors (Lipinski definition) is 7. The second kappa shape index (κ2) is 8.45. The molecule has 0 bridgehead atoms. The lowest BCUT2D eigenvalue weighted by Gasteiger charge is -2.05. The molecule has 4 rings (SSSR count). The Kier molecular flexibility index (Phi) is 5.59. The summed E-state index contributed by atoms with van der Waals surface area (Å²) >= 11 is 2.55. The first-order chi connectivity index (χ1) is 13.7. The standard InChI is InChI=1S/C20H14FN3O2S2/c21-15-8-6-14(7-9-15)17-18-19(28-24-17)20(23-12-22-18)27-11-16(25)26-10-13-4-2-1-3-5-13/h1-9,12H,10-11H2. The molecule has 0 radical (unpaired) electrons. The van der Waals surface area contributed by atoms with Crippen LogP contribution in [0, 0.1) is 5.82 Å². The van der Waals surface area contributed by atoms with Crippen LogP contribution < -0.4 is 0 Å². The third kappa shape index (κ3) is 4.18. The second-order valence-corrected chi connectivity index (χ2v) is 7.57. The van der Waals surface area contributed by atoms with Crippen LogP contribution in [-0.2, 0) is 16.1 Å². The smallest absolute Gasteiger partial charge is 0.316 e. The monoisotopic (exact) mass is 411 g/mol. The van der Waals surface area contributed by atoms with Crippen LogP contribution >= 0.6 is 23.3 Å². The highest BCUT2D eigenvalue weighted by molar-refractivity contribution is 8.00. The van der Waals surface area contributed by atoms with Crippen LogP contribution in [0.4, 0.5) is 4.39 Å². The molecule has 0 fully saturated rings. The van der Waals surface area contributed by atoms with Gasteiger partial charge < -0.3 is 4.74 Å². The second-order valence-electron chi connectivity index (χ2n) is 5.83. The lowest BCUT2D eigenvalue weighted by molar-refractivity contribution is -0.141. The minimum absolute atomic E-state index is 0.142. The first kappa shape index (κ1) is 18.5. The van der Waals surface area contributed by atoms with E-state index < -0.39 is 0 Å². The SMILES string of the molecule is O=C(CSc1ncnc2c(-c3ccc(F)cc3)nsc12)OCc1ccccc1. The molecule has 0 aliphatic rings. The van der Waals surface area contributed by atoms with Crippen molar-refractivity contribution in [1.82, 2.24) is 14.3 Å². The zero-order chi connectivity index (χ0) is 19.3. The van der Waals surface area contributed by atoms with Crippen molar-refractivity contribution in [1.29, 1.82) is 0 Å². The first-order valence-corrected chi connectivity index (χ1v) is 10.2. The van der Waals surface area contributed by atoms with Gasteiger partial charge >= 0.3 is 5.97 Å². The van der Waals surface area contributed by atoms with Gasteiger partial charge in [-0.1, -0.05) is 42.1 Å². The number of fused-ring (bicyclic) bond motifs is 1. The number of benzene rings is 2. The molecule has 0 aliphatic heterocycles. The topological polar surface area (TPSA) is 65.0 Å². The number of carbonyl (C=O) groups excluding carboxylic acids is 1. The molecule has 2 aromatic carbocycles. The van der Waals surface area contributed by atoms with Gasteiger partial charge in [-0.15, -0.1) is 0 Å². The normalized spacial score (nSPS) is 10.9. The average molecular weight is 411 g/mol. The molecule has 0 saturated heterocycles. The Balaban J connectivity index is 1.46. The molecule has 2 heterocycles. The third-order valence-electron chi connectivity index (χ3n) is 3.91. The predicted molar refractivity (Wildman–Crippen MR) is 108 cm³/mol. The van der Waals surface area contributed by atoms with Crippen molar-refractivity contribution in [3.05, 3.63) is 72.3 Å². The molecule has 4 aromatic rings. The summed E-state index contributed by atoms with van der Waals surface area (Å²) in [7, 11) is 0. The quantitative estimate of drug-likeness (QED) is 0.260. The maximum Gasteiger partial charge on any atom is 0.316 e. The predicted octanol–water partition coefficient (Wildman–Crippen LogP) is 4.73. The molecule has 0 spiro atoms. The van der Waals surface area contributed by atoms with E-state index in [-0.39, 0.29) is 24.1 Å². The Morgan fingerprint density at radius 1 is 1.07 bits per heavy atom. The van der Waals surface area contributed by atoms with Gasteiger partial charge in [0.2, 0.25) is 0 Å². The zero-order valence-corrected chi connectivity index (χ0v) is 16.2. The molecule has 0 N–H and O–H groups in total. The van der Waals surface area contributed by atoms with Crippen molar-refractivity contribution < 1.29 is 13.9 Å². The van der Waals surface area contributed by atoms with E-state index in [2.05, 4.69) is 14.3 Å². The Bertz CT molecular complexity index is 1100. The van der Waals surface area contributed by atoms with Crippen molar-refractivity contribution in [2.45, 2.75) is 11.6 Å². The Morgan fingerprint density at radius 2 is 1.86 bits per heavy atom. The van der Waals surface area contributed by atoms with Crippen LogP contribution in [0.25, 0.3) is 21.5 Å². The molecule has 140 valence electrons. The van der Waals surface area contributed by atoms with E-state index >= 15 is 0 Å². The van der Waals surface area contributed by atoms with E-state index in [1.54, 1.807) is 12.1 Å². The minimum atomic E-state index is -0.316. The van der Waals surface area contributed by atoms with Gasteiger partial charge in [0, 0.05) is 5.56 Å². The summed E-state index contributed by atoms with van der Waals surface area (Å²) in [4.78, 5) is 20.6. The van der Waals surface area contributed by atoms with Crippen LogP contribution in [0.2, 0.25) is 0 Å². The Labute approximate surface area is 168 Å². The first-order valence-electron chi connectivity index (χ1n) is 8.39. The zero-order valence-electron chi connectivity index (χ0n) is 14.5. The van der Waals surface area contributed by atoms with Gasteiger partial charge in [-0.2, -0.15) is 4.37 Å². The molecule has 2 aromatic heterocycles. The lowest BCUT2D eigenvalue weighted by Crippen LogP contribution is -2.07. The summed E-state index contributed by atoms with van der Waals surface area (Å²) in [6, 6.07) is 15.6. The highest BCUT2D eigenvalue weighted by Crippen LogP contribution is 2.34. The van der Waals surface area contributed by atoms with Crippen molar-refractivity contribution in [2.24, 2.45) is 0 Å². The van der Waals surface area contributed by atoms with E-state index in [0.29, 0.717) is 16.2 Å². The molecule has 28 heavy (non-hydrogen) atoms. The fraction of sp³-hybridized carbons (Fsp3) is 0.100. The molecule has 0 unspecified atom stereocenters. The summed E-state index contributed by atoms with van der Waals surface area (Å²) in [6.45, 7) is 0.245. The van der Waals surface area contributed by atoms with Crippen molar-refractivity contribution in [2.75, 3.05) is 5.75 Å². The number of hydrogen-bond donors (Lipinski definition) is 0. The van der Waals surface area contributed by atoms with Crippen molar-refractivity contribution >= 4 is 39.5 Å². The van der Waals surface area contributed by atoms with Gasteiger partial charge in [-0.05, 0) is 41.4 Å². The Hall–Kier alpha value is -2.84. The van der Waals surface area contributed by atoms with Gasteiger partial charge in [0.05, 0.1) is 5.75 Å². The molecule has 5 nitrogen and oxygen atoms in total. The lowest BCUT2D eigenvalue weighted by atomic mass is 10.1. The maximum atomic E-state index is 13.2. The van der Waals surface area contributed by atoms with Crippen LogP contribution in [0.3, 0.4) is 0 Å². The van der Waals surface area contributed by atoms with E-state index in [1.807, 2.05) is 30.3 Å². The van der Waals surface area contributed by atoms with Gasteiger partial charge in [0.1, 0.15) is 39.7 Å². The molecule has 8 heteroatoms. The fourth-order valence-corrected chi connectivity index (χ4v) is 4.27. The highest BCUT2D eigenvalue weighted by Gasteiger charge is 2.16. The number of halogens is 1. The molecular weight excluding hydrogens is 397 g/mol. The number of esters is 1. The minimum Gasteiger partial charge on any atom is -0.460 e. The Morgan fingerprint density at radius 3 is 2.64 bits per heavy atom. The highest BCUT2D eigenvalue weighted by atomic mass is 32.2. The van der Waals surface area contributed by atoms with E-state index in [4.69, 9.17) is 4.74 Å². The van der Waals surface area contributed by atoms with E-state index in [9.17, 15) is 9.18 Å². The largest absolute Gasteiger partial charge is 0.460 e. The number of ether oxygens (including phenoxy) is 1. The van der Waals surface area contributed by atoms with Crippen LogP contribution in [0.1, 0.15) is 5.56 Å². The van der Waals surface area contributed by atoms with Gasteiger partial charge in [-0.25, -0.2) is 14.4 Å². The van der Waals surface area contributed by atoms with Gasteiger partial charge in [0.25, 0.3) is 0 Å². The number of rotatable bonds is 6. The molecule has 0 saturated carbocycles. The summed E-state index contributed by atoms with van der Waals surface area (Å²) in [6.07, 6.45) is 1.45. The van der Waals surface area contributed by atoms with E-state index in [0.717, 1.165) is 15.8 Å². The number of nitrogens with zero attached hydrogens (tertiary/aromatic N) is 3. The molecule has 0 aliphatic carbocycles. The summed E-state index contributed by atoms with van der Waals surface area (Å²) in [5.74, 6) is -0.477. The van der Waals surface area contributed by atoms with Gasteiger partial charge in [-0.3, -0.25) is 4.79 Å². The summed E-state index contributed by atoms with van der Waals surface area (Å²) < 4.78 is 23.7. The van der Waals surface area contributed by atoms with E-state index in [1.165, 1.54) is 41.8 Å². The number of thioether (sulfide) groups is 1. The molecular formula is C20H14FN3O2S2. The van der Waals surface area contributed by atoms with Gasteiger partial charge in [0.15, 0.2) is 0 Å². The molecule has 0 amide bonds. The fourth-order valence-electron chi connectivity index (χ4n) is 2.55. The van der Waals surface area contributed by atoms with Crippen LogP contribution in [0.15, 0.2) is 66.0 Å². The summed E-state index contributed by atoms with van der Waals surface area (Å²) in [5, 5.41) is 0.674. The van der Waals surface area contributed by atoms with Crippen molar-refractivity contribution in [3.8, 4) is 11.3 Å². The number of carbonyl (C=O) groups is 1. The average Bonchev–Trinajstić information content (AvgIpc) is 3.17. The molecule has 0 atom stereocenters. The maximum absolute atomic E-state index is 13.2. The van der Waals surface area contributed by atoms with Crippen LogP contribution in [-0.4, -0.2) is 26.1 Å². The number of aromatic nitrogens is 3. The van der Waals surface area contributed by atoms with Crippen molar-refractivity contribution in [3.63, 3.8) is 0 Å². The third-order valence-corrected chi connectivity index (χ3v) is 5.85. The summed E-state index contributed by atoms with van der Waals surface area (Å²) in [5.41, 5.74) is 3.09.